The van der Waals surface area contributed by atoms with E-state index in [0.29, 0.717) is 25.9 Å². The van der Waals surface area contributed by atoms with Crippen molar-refractivity contribution in [3.8, 4) is 5.75 Å². The van der Waals surface area contributed by atoms with Crippen LogP contribution in [0.3, 0.4) is 0 Å². The lowest BCUT2D eigenvalue weighted by molar-refractivity contribution is -0.119. The molecule has 2 rings (SSSR count). The number of carbonyl (C=O) groups is 1. The van der Waals surface area contributed by atoms with Crippen molar-refractivity contribution in [3.63, 3.8) is 0 Å². The average molecular weight is 241 g/mol. The lowest BCUT2D eigenvalue weighted by Gasteiger charge is -2.29. The number of nitrogens with zero attached hydrogens (tertiary/aromatic N) is 1. The summed E-state index contributed by atoms with van der Waals surface area (Å²) in [6, 6.07) is 3.13. The molecule has 1 aliphatic rings. The molecule has 1 aliphatic heterocycles. The summed E-state index contributed by atoms with van der Waals surface area (Å²) in [5, 5.41) is 0. The molecular formula is C12H13F2NO2. The number of rotatable bonds is 3. The number of piperidine rings is 1. The number of amides is 1. The Kier molecular flexibility index (Phi) is 3.56. The lowest BCUT2D eigenvalue weighted by atomic mass is 10.1. The number of likely N-dealkylation sites (tertiary alicyclic amines) is 1. The van der Waals surface area contributed by atoms with Crippen molar-refractivity contribution < 1.29 is 18.3 Å². The van der Waals surface area contributed by atoms with Gasteiger partial charge >= 0.3 is 0 Å². The molecule has 1 amide bonds. The monoisotopic (exact) mass is 241 g/mol. The largest absolute Gasteiger partial charge is 0.490 e. The van der Waals surface area contributed by atoms with Crippen molar-refractivity contribution in [2.24, 2.45) is 0 Å². The fourth-order valence-electron chi connectivity index (χ4n) is 1.89. The van der Waals surface area contributed by atoms with Gasteiger partial charge in [-0.25, -0.2) is 8.78 Å². The Labute approximate surface area is 98.0 Å². The van der Waals surface area contributed by atoms with Crippen molar-refractivity contribution in [2.45, 2.75) is 18.9 Å². The van der Waals surface area contributed by atoms with Crippen LogP contribution in [0.2, 0.25) is 0 Å². The number of ether oxygens (including phenoxy) is 1. The predicted molar refractivity (Wildman–Crippen MR) is 57.6 cm³/mol. The van der Waals surface area contributed by atoms with E-state index in [2.05, 4.69) is 0 Å². The van der Waals surface area contributed by atoms with Crippen LogP contribution >= 0.6 is 0 Å². The molecule has 17 heavy (non-hydrogen) atoms. The Hall–Kier alpha value is -1.65. The summed E-state index contributed by atoms with van der Waals surface area (Å²) >= 11 is 0. The number of hydrogen-bond donors (Lipinski definition) is 0. The summed E-state index contributed by atoms with van der Waals surface area (Å²) in [5.41, 5.74) is 0. The maximum atomic E-state index is 12.9. The van der Waals surface area contributed by atoms with Gasteiger partial charge in [-0.15, -0.1) is 0 Å². The maximum Gasteiger partial charge on any atom is 0.209 e. The molecule has 1 aromatic carbocycles. The molecule has 1 aromatic rings. The zero-order valence-electron chi connectivity index (χ0n) is 9.23. The van der Waals surface area contributed by atoms with Crippen molar-refractivity contribution >= 4 is 6.41 Å². The molecule has 3 nitrogen and oxygen atoms in total. The number of halogens is 2. The van der Waals surface area contributed by atoms with Crippen LogP contribution in [-0.4, -0.2) is 30.5 Å². The van der Waals surface area contributed by atoms with E-state index in [1.54, 1.807) is 4.90 Å². The van der Waals surface area contributed by atoms with Gasteiger partial charge in [0.15, 0.2) is 0 Å². The Morgan fingerprint density at radius 1 is 1.18 bits per heavy atom. The summed E-state index contributed by atoms with van der Waals surface area (Å²) in [4.78, 5) is 12.2. The van der Waals surface area contributed by atoms with Gasteiger partial charge in [0.25, 0.3) is 0 Å². The minimum absolute atomic E-state index is 0.0904. The van der Waals surface area contributed by atoms with Gasteiger partial charge in [0.1, 0.15) is 23.5 Å². The zero-order chi connectivity index (χ0) is 12.3. The Morgan fingerprint density at radius 3 is 2.29 bits per heavy atom. The topological polar surface area (TPSA) is 29.5 Å². The van der Waals surface area contributed by atoms with E-state index in [-0.39, 0.29) is 11.9 Å². The van der Waals surface area contributed by atoms with Gasteiger partial charge in [-0.1, -0.05) is 0 Å². The molecule has 0 spiro atoms. The number of benzene rings is 1. The van der Waals surface area contributed by atoms with E-state index in [1.165, 1.54) is 0 Å². The predicted octanol–water partition coefficient (Wildman–Crippen LogP) is 1.96. The van der Waals surface area contributed by atoms with E-state index >= 15 is 0 Å². The van der Waals surface area contributed by atoms with Crippen LogP contribution in [0.25, 0.3) is 0 Å². The highest BCUT2D eigenvalue weighted by molar-refractivity contribution is 5.47. The number of carbonyl (C=O) groups excluding carboxylic acids is 1. The molecule has 0 aromatic heterocycles. The molecule has 1 heterocycles. The summed E-state index contributed by atoms with van der Waals surface area (Å²) in [5.74, 6) is -1.09. The van der Waals surface area contributed by atoms with Gasteiger partial charge in [0, 0.05) is 44.1 Å². The first-order valence-corrected chi connectivity index (χ1v) is 5.49. The quantitative estimate of drug-likeness (QED) is 0.757. The van der Waals surface area contributed by atoms with Crippen molar-refractivity contribution in [3.05, 3.63) is 29.8 Å². The lowest BCUT2D eigenvalue weighted by Crippen LogP contribution is -2.37. The molecule has 1 fully saturated rings. The van der Waals surface area contributed by atoms with E-state index in [0.717, 1.165) is 24.6 Å². The Bertz CT molecular complexity index is 383. The third-order valence-electron chi connectivity index (χ3n) is 2.76. The summed E-state index contributed by atoms with van der Waals surface area (Å²) in [6.07, 6.45) is 2.07. The van der Waals surface area contributed by atoms with Crippen LogP contribution in [0.5, 0.6) is 5.75 Å². The van der Waals surface area contributed by atoms with E-state index < -0.39 is 11.6 Å². The molecule has 0 N–H and O–H groups in total. The van der Waals surface area contributed by atoms with Crippen molar-refractivity contribution in [2.75, 3.05) is 13.1 Å². The SMILES string of the molecule is O=CN1CCC(Oc2cc(F)cc(F)c2)CC1. The van der Waals surface area contributed by atoms with Gasteiger partial charge in [-0.05, 0) is 0 Å². The van der Waals surface area contributed by atoms with Crippen LogP contribution in [0.15, 0.2) is 18.2 Å². The second-order valence-electron chi connectivity index (χ2n) is 4.06. The van der Waals surface area contributed by atoms with E-state index in [1.807, 2.05) is 0 Å². The fraction of sp³-hybridized carbons (Fsp3) is 0.417. The Balaban J connectivity index is 1.95. The van der Waals surface area contributed by atoms with Crippen LogP contribution in [0.1, 0.15) is 12.8 Å². The normalized spacial score (nSPS) is 16.9. The summed E-state index contributed by atoms with van der Waals surface area (Å²) in [6.45, 7) is 1.23. The zero-order valence-corrected chi connectivity index (χ0v) is 9.23. The molecule has 0 bridgehead atoms. The molecule has 0 aliphatic carbocycles. The fourth-order valence-corrected chi connectivity index (χ4v) is 1.89. The first-order chi connectivity index (χ1) is 8.17. The molecule has 0 saturated carbocycles. The van der Waals surface area contributed by atoms with Crippen molar-refractivity contribution in [1.29, 1.82) is 0 Å². The van der Waals surface area contributed by atoms with Gasteiger partial charge in [-0.2, -0.15) is 0 Å². The average Bonchev–Trinajstić information content (AvgIpc) is 2.28. The van der Waals surface area contributed by atoms with Crippen LogP contribution in [0.4, 0.5) is 8.78 Å². The van der Waals surface area contributed by atoms with Crippen molar-refractivity contribution in [1.82, 2.24) is 4.90 Å². The van der Waals surface area contributed by atoms with Gasteiger partial charge in [0.2, 0.25) is 6.41 Å². The van der Waals surface area contributed by atoms with Crippen LogP contribution in [0, 0.1) is 11.6 Å². The minimum Gasteiger partial charge on any atom is -0.490 e. The maximum absolute atomic E-state index is 12.9. The Morgan fingerprint density at radius 2 is 1.76 bits per heavy atom. The second kappa shape index (κ2) is 5.12. The first kappa shape index (κ1) is 11.8. The van der Waals surface area contributed by atoms with E-state index in [4.69, 9.17) is 4.74 Å². The van der Waals surface area contributed by atoms with Crippen LogP contribution in [-0.2, 0) is 4.79 Å². The molecule has 92 valence electrons. The second-order valence-corrected chi connectivity index (χ2v) is 4.06. The standard InChI is InChI=1S/C12H13F2NO2/c13-9-5-10(14)7-12(6-9)17-11-1-3-15(8-16)4-2-11/h5-8,11H,1-4H2. The highest BCUT2D eigenvalue weighted by Gasteiger charge is 2.19. The van der Waals surface area contributed by atoms with E-state index in [9.17, 15) is 13.6 Å². The third-order valence-corrected chi connectivity index (χ3v) is 2.76. The molecule has 0 unspecified atom stereocenters. The molecule has 1 saturated heterocycles. The highest BCUT2D eigenvalue weighted by atomic mass is 19.1. The third kappa shape index (κ3) is 3.15. The van der Waals surface area contributed by atoms with Gasteiger partial charge < -0.3 is 9.64 Å². The van der Waals surface area contributed by atoms with Gasteiger partial charge in [-0.3, -0.25) is 4.79 Å². The smallest absolute Gasteiger partial charge is 0.209 e. The minimum atomic E-state index is -0.648. The molecule has 5 heteroatoms. The first-order valence-electron chi connectivity index (χ1n) is 5.49. The number of hydrogen-bond acceptors (Lipinski definition) is 2. The van der Waals surface area contributed by atoms with Crippen LogP contribution < -0.4 is 4.74 Å². The molecular weight excluding hydrogens is 228 g/mol. The summed E-state index contributed by atoms with van der Waals surface area (Å²) in [7, 11) is 0. The highest BCUT2D eigenvalue weighted by Crippen LogP contribution is 2.20. The molecule has 0 radical (unpaired) electrons. The summed E-state index contributed by atoms with van der Waals surface area (Å²) < 4.78 is 31.3. The van der Waals surface area contributed by atoms with Gasteiger partial charge in [0.05, 0.1) is 0 Å². The molecule has 0 atom stereocenters.